The smallest absolute Gasteiger partial charge is 0.227 e. The standard InChI is InChI=1S/C15H14ClN5O/c16-6-9-22-12-3-1-2-11(10-12)19-15-17-7-4-13(20-15)14-5-8-18-21-14/h1-5,7-8,10H,6,9H2,(H,18,21)(H,17,19,20). The van der Waals surface area contributed by atoms with Crippen molar-refractivity contribution in [1.29, 1.82) is 0 Å². The molecule has 0 saturated heterocycles. The lowest BCUT2D eigenvalue weighted by Crippen LogP contribution is -2.00. The molecule has 2 aromatic heterocycles. The van der Waals surface area contributed by atoms with Crippen LogP contribution in [0.15, 0.2) is 48.8 Å². The van der Waals surface area contributed by atoms with Gasteiger partial charge in [0.05, 0.1) is 17.3 Å². The fourth-order valence-electron chi connectivity index (χ4n) is 1.92. The molecule has 112 valence electrons. The minimum atomic E-state index is 0.451. The number of alkyl halides is 1. The van der Waals surface area contributed by atoms with Crippen molar-refractivity contribution in [3.63, 3.8) is 0 Å². The molecule has 7 heteroatoms. The van der Waals surface area contributed by atoms with Crippen LogP contribution in [0, 0.1) is 0 Å². The molecule has 0 atom stereocenters. The molecular weight excluding hydrogens is 302 g/mol. The Morgan fingerprint density at radius 3 is 2.95 bits per heavy atom. The molecule has 0 bridgehead atoms. The van der Waals surface area contributed by atoms with Crippen molar-refractivity contribution >= 4 is 23.2 Å². The highest BCUT2D eigenvalue weighted by atomic mass is 35.5. The summed E-state index contributed by atoms with van der Waals surface area (Å²) >= 11 is 5.62. The number of H-pyrrole nitrogens is 1. The summed E-state index contributed by atoms with van der Waals surface area (Å²) < 4.78 is 5.49. The van der Waals surface area contributed by atoms with E-state index in [4.69, 9.17) is 16.3 Å². The molecular formula is C15H14ClN5O. The zero-order chi connectivity index (χ0) is 15.2. The van der Waals surface area contributed by atoms with Crippen molar-refractivity contribution in [3.05, 3.63) is 48.8 Å². The number of hydrogen-bond acceptors (Lipinski definition) is 5. The Hall–Kier alpha value is -2.60. The zero-order valence-electron chi connectivity index (χ0n) is 11.7. The van der Waals surface area contributed by atoms with Crippen LogP contribution in [0.2, 0.25) is 0 Å². The van der Waals surface area contributed by atoms with Crippen LogP contribution in [0.4, 0.5) is 11.6 Å². The number of anilines is 2. The number of hydrogen-bond donors (Lipinski definition) is 2. The van der Waals surface area contributed by atoms with E-state index in [1.54, 1.807) is 12.4 Å². The molecule has 0 aliphatic heterocycles. The molecule has 1 aromatic carbocycles. The molecule has 2 heterocycles. The molecule has 22 heavy (non-hydrogen) atoms. The van der Waals surface area contributed by atoms with E-state index in [1.807, 2.05) is 36.4 Å². The van der Waals surface area contributed by atoms with Crippen molar-refractivity contribution in [3.8, 4) is 17.1 Å². The maximum Gasteiger partial charge on any atom is 0.227 e. The lowest BCUT2D eigenvalue weighted by Gasteiger charge is -2.08. The highest BCUT2D eigenvalue weighted by molar-refractivity contribution is 6.18. The number of benzene rings is 1. The first-order valence-corrected chi connectivity index (χ1v) is 7.27. The van der Waals surface area contributed by atoms with E-state index in [1.165, 1.54) is 0 Å². The van der Waals surface area contributed by atoms with Gasteiger partial charge in [-0.1, -0.05) is 6.07 Å². The van der Waals surface area contributed by atoms with E-state index in [0.29, 0.717) is 18.4 Å². The van der Waals surface area contributed by atoms with Gasteiger partial charge in [0.2, 0.25) is 5.95 Å². The highest BCUT2D eigenvalue weighted by Crippen LogP contribution is 2.21. The summed E-state index contributed by atoms with van der Waals surface area (Å²) in [5.74, 6) is 1.70. The normalized spacial score (nSPS) is 10.4. The van der Waals surface area contributed by atoms with E-state index in [0.717, 1.165) is 22.8 Å². The third-order valence-electron chi connectivity index (χ3n) is 2.87. The summed E-state index contributed by atoms with van der Waals surface area (Å²) in [4.78, 5) is 8.66. The lowest BCUT2D eigenvalue weighted by molar-refractivity contribution is 0.343. The molecule has 0 aliphatic carbocycles. The van der Waals surface area contributed by atoms with Crippen molar-refractivity contribution in [2.75, 3.05) is 17.8 Å². The number of ether oxygens (including phenoxy) is 1. The van der Waals surface area contributed by atoms with Gasteiger partial charge in [0, 0.05) is 24.1 Å². The number of aromatic nitrogens is 4. The first-order valence-electron chi connectivity index (χ1n) is 6.74. The maximum atomic E-state index is 5.62. The number of nitrogens with one attached hydrogen (secondary N) is 2. The van der Waals surface area contributed by atoms with Crippen LogP contribution < -0.4 is 10.1 Å². The Bertz CT molecular complexity index is 732. The number of rotatable bonds is 6. The minimum Gasteiger partial charge on any atom is -0.492 e. The van der Waals surface area contributed by atoms with Gasteiger partial charge >= 0.3 is 0 Å². The number of nitrogens with zero attached hydrogens (tertiary/aromatic N) is 3. The average molecular weight is 316 g/mol. The summed E-state index contributed by atoms with van der Waals surface area (Å²) in [5.41, 5.74) is 2.45. The topological polar surface area (TPSA) is 75.7 Å². The van der Waals surface area contributed by atoms with E-state index in [-0.39, 0.29) is 0 Å². The van der Waals surface area contributed by atoms with Crippen molar-refractivity contribution < 1.29 is 4.74 Å². The van der Waals surface area contributed by atoms with Gasteiger partial charge in [-0.3, -0.25) is 5.10 Å². The molecule has 0 fully saturated rings. The van der Waals surface area contributed by atoms with Gasteiger partial charge < -0.3 is 10.1 Å². The van der Waals surface area contributed by atoms with Gasteiger partial charge in [0.25, 0.3) is 0 Å². The van der Waals surface area contributed by atoms with Crippen molar-refractivity contribution in [1.82, 2.24) is 20.2 Å². The van der Waals surface area contributed by atoms with Crippen molar-refractivity contribution in [2.24, 2.45) is 0 Å². The monoisotopic (exact) mass is 315 g/mol. The summed E-state index contributed by atoms with van der Waals surface area (Å²) in [6.45, 7) is 0.469. The van der Waals surface area contributed by atoms with E-state index >= 15 is 0 Å². The first-order chi connectivity index (χ1) is 10.8. The first kappa shape index (κ1) is 14.3. The summed E-state index contributed by atoms with van der Waals surface area (Å²) in [6, 6.07) is 11.2. The molecule has 0 radical (unpaired) electrons. The second-order valence-electron chi connectivity index (χ2n) is 4.43. The summed E-state index contributed by atoms with van der Waals surface area (Å²) in [6.07, 6.45) is 3.38. The van der Waals surface area contributed by atoms with Gasteiger partial charge in [0.1, 0.15) is 12.4 Å². The SMILES string of the molecule is ClCCOc1cccc(Nc2nccc(-c3ccn[nH]3)n2)c1. The third kappa shape index (κ3) is 3.53. The van der Waals surface area contributed by atoms with Gasteiger partial charge in [-0.05, 0) is 24.3 Å². The van der Waals surface area contributed by atoms with E-state index in [2.05, 4.69) is 25.5 Å². The van der Waals surface area contributed by atoms with Gasteiger partial charge in [0.15, 0.2) is 0 Å². The quantitative estimate of drug-likeness (QED) is 0.683. The van der Waals surface area contributed by atoms with E-state index < -0.39 is 0 Å². The molecule has 0 aliphatic rings. The maximum absolute atomic E-state index is 5.62. The van der Waals surface area contributed by atoms with Crippen LogP contribution in [0.25, 0.3) is 11.4 Å². The van der Waals surface area contributed by atoms with Crippen LogP contribution in [0.5, 0.6) is 5.75 Å². The lowest BCUT2D eigenvalue weighted by atomic mass is 10.3. The van der Waals surface area contributed by atoms with Crippen LogP contribution in [0.3, 0.4) is 0 Å². The number of halogens is 1. The highest BCUT2D eigenvalue weighted by Gasteiger charge is 2.04. The zero-order valence-corrected chi connectivity index (χ0v) is 12.4. The van der Waals surface area contributed by atoms with Crippen LogP contribution >= 0.6 is 11.6 Å². The van der Waals surface area contributed by atoms with Gasteiger partial charge in [-0.2, -0.15) is 5.10 Å². The second-order valence-corrected chi connectivity index (χ2v) is 4.80. The summed E-state index contributed by atoms with van der Waals surface area (Å²) in [7, 11) is 0. The molecule has 2 N–H and O–H groups in total. The fraction of sp³-hybridized carbons (Fsp3) is 0.133. The van der Waals surface area contributed by atoms with Crippen LogP contribution in [0.1, 0.15) is 0 Å². The molecule has 0 spiro atoms. The Kier molecular flexibility index (Phi) is 4.50. The predicted octanol–water partition coefficient (Wildman–Crippen LogP) is 3.23. The predicted molar refractivity (Wildman–Crippen MR) is 85.6 cm³/mol. The Morgan fingerprint density at radius 1 is 1.18 bits per heavy atom. The second kappa shape index (κ2) is 6.91. The minimum absolute atomic E-state index is 0.451. The fourth-order valence-corrected chi connectivity index (χ4v) is 1.99. The molecule has 0 amide bonds. The Balaban J connectivity index is 1.77. The molecule has 6 nitrogen and oxygen atoms in total. The summed E-state index contributed by atoms with van der Waals surface area (Å²) in [5, 5.41) is 9.95. The van der Waals surface area contributed by atoms with E-state index in [9.17, 15) is 0 Å². The van der Waals surface area contributed by atoms with Gasteiger partial charge in [-0.15, -0.1) is 11.6 Å². The third-order valence-corrected chi connectivity index (χ3v) is 3.02. The largest absolute Gasteiger partial charge is 0.492 e. The Labute approximate surface area is 132 Å². The number of aromatic amines is 1. The van der Waals surface area contributed by atoms with Crippen LogP contribution in [-0.4, -0.2) is 32.7 Å². The molecule has 3 aromatic rings. The Morgan fingerprint density at radius 2 is 2.14 bits per heavy atom. The molecule has 3 rings (SSSR count). The molecule has 0 saturated carbocycles. The van der Waals surface area contributed by atoms with Crippen molar-refractivity contribution in [2.45, 2.75) is 0 Å². The van der Waals surface area contributed by atoms with Crippen LogP contribution in [-0.2, 0) is 0 Å². The van der Waals surface area contributed by atoms with Gasteiger partial charge in [-0.25, -0.2) is 9.97 Å². The molecule has 0 unspecified atom stereocenters. The average Bonchev–Trinajstić information content (AvgIpc) is 3.08.